The topological polar surface area (TPSA) is 96.0 Å². The van der Waals surface area contributed by atoms with Crippen LogP contribution in [0.4, 0.5) is 5.69 Å². The molecule has 0 aliphatic carbocycles. The van der Waals surface area contributed by atoms with E-state index in [1.807, 2.05) is 45.0 Å². The standard InChI is InChI=1S/C26H37N3O5S/c1-19(2)27-26(31)21(4)28(18-22-11-7-10-20(3)16-22)25(30)14-9-15-29(35(6,32)33)23-12-8-13-24(17-23)34-5/h7-8,10-13,16-17,19,21H,9,14-15,18H2,1-6H3,(H,27,31). The second-order valence-corrected chi connectivity index (χ2v) is 10.9. The van der Waals surface area contributed by atoms with Crippen molar-refractivity contribution in [2.75, 3.05) is 24.2 Å². The number of benzene rings is 2. The number of rotatable bonds is 12. The van der Waals surface area contributed by atoms with E-state index >= 15 is 0 Å². The van der Waals surface area contributed by atoms with Crippen molar-refractivity contribution in [3.8, 4) is 5.75 Å². The zero-order valence-corrected chi connectivity index (χ0v) is 22.3. The zero-order valence-electron chi connectivity index (χ0n) is 21.4. The summed E-state index contributed by atoms with van der Waals surface area (Å²) in [4.78, 5) is 27.6. The summed E-state index contributed by atoms with van der Waals surface area (Å²) in [6.07, 6.45) is 1.53. The molecular weight excluding hydrogens is 466 g/mol. The minimum atomic E-state index is -3.57. The molecule has 2 rings (SSSR count). The van der Waals surface area contributed by atoms with Crippen molar-refractivity contribution in [1.82, 2.24) is 10.2 Å². The van der Waals surface area contributed by atoms with Crippen LogP contribution in [0.3, 0.4) is 0 Å². The molecule has 192 valence electrons. The van der Waals surface area contributed by atoms with Crippen molar-refractivity contribution < 1.29 is 22.7 Å². The molecule has 0 aromatic heterocycles. The van der Waals surface area contributed by atoms with Crippen molar-refractivity contribution in [1.29, 1.82) is 0 Å². The maximum absolute atomic E-state index is 13.3. The van der Waals surface area contributed by atoms with Gasteiger partial charge in [-0.25, -0.2) is 8.42 Å². The van der Waals surface area contributed by atoms with Crippen molar-refractivity contribution in [2.45, 2.75) is 59.2 Å². The van der Waals surface area contributed by atoms with Gasteiger partial charge in [0.1, 0.15) is 11.8 Å². The van der Waals surface area contributed by atoms with Crippen molar-refractivity contribution in [2.24, 2.45) is 0 Å². The van der Waals surface area contributed by atoms with Crippen LogP contribution in [-0.2, 0) is 26.2 Å². The van der Waals surface area contributed by atoms with Gasteiger partial charge in [-0.3, -0.25) is 13.9 Å². The van der Waals surface area contributed by atoms with E-state index in [-0.39, 0.29) is 30.8 Å². The number of ether oxygens (including phenoxy) is 1. The van der Waals surface area contributed by atoms with Crippen molar-refractivity contribution in [3.05, 3.63) is 59.7 Å². The fourth-order valence-electron chi connectivity index (χ4n) is 3.76. The number of methoxy groups -OCH3 is 1. The summed E-state index contributed by atoms with van der Waals surface area (Å²) in [5.41, 5.74) is 2.47. The smallest absolute Gasteiger partial charge is 0.242 e. The predicted octanol–water partition coefficient (Wildman–Crippen LogP) is 3.49. The molecule has 0 aliphatic rings. The van der Waals surface area contributed by atoms with Crippen LogP contribution in [0.1, 0.15) is 44.7 Å². The molecule has 0 bridgehead atoms. The van der Waals surface area contributed by atoms with E-state index in [2.05, 4.69) is 5.32 Å². The third kappa shape index (κ3) is 8.58. The van der Waals surface area contributed by atoms with Crippen LogP contribution in [-0.4, -0.2) is 57.1 Å². The largest absolute Gasteiger partial charge is 0.497 e. The molecule has 2 amide bonds. The molecule has 1 atom stereocenters. The van der Waals surface area contributed by atoms with E-state index in [9.17, 15) is 18.0 Å². The van der Waals surface area contributed by atoms with Crippen LogP contribution < -0.4 is 14.4 Å². The summed E-state index contributed by atoms with van der Waals surface area (Å²) >= 11 is 0. The Morgan fingerprint density at radius 1 is 1.06 bits per heavy atom. The summed E-state index contributed by atoms with van der Waals surface area (Å²) in [7, 11) is -2.05. The molecule has 9 heteroatoms. The molecule has 1 N–H and O–H groups in total. The molecule has 2 aromatic rings. The number of carbonyl (C=O) groups excluding carboxylic acids is 2. The van der Waals surface area contributed by atoms with Gasteiger partial charge in [0.2, 0.25) is 21.8 Å². The minimum absolute atomic E-state index is 0.0490. The van der Waals surface area contributed by atoms with Gasteiger partial charge in [0.05, 0.1) is 19.1 Å². The molecule has 0 radical (unpaired) electrons. The third-order valence-electron chi connectivity index (χ3n) is 5.53. The molecule has 1 unspecified atom stereocenters. The zero-order chi connectivity index (χ0) is 26.2. The normalized spacial score (nSPS) is 12.2. The molecule has 0 aliphatic heterocycles. The summed E-state index contributed by atoms with van der Waals surface area (Å²) in [5, 5.41) is 2.87. The van der Waals surface area contributed by atoms with Gasteiger partial charge in [-0.05, 0) is 51.8 Å². The Morgan fingerprint density at radius 2 is 1.74 bits per heavy atom. The average Bonchev–Trinajstić information content (AvgIpc) is 2.78. The van der Waals surface area contributed by atoms with Gasteiger partial charge < -0.3 is 15.0 Å². The third-order valence-corrected chi connectivity index (χ3v) is 6.72. The molecule has 0 fully saturated rings. The molecule has 8 nitrogen and oxygen atoms in total. The van der Waals surface area contributed by atoms with Crippen LogP contribution in [0.15, 0.2) is 48.5 Å². The number of amides is 2. The van der Waals surface area contributed by atoms with Gasteiger partial charge in [0.15, 0.2) is 0 Å². The molecule has 0 saturated heterocycles. The fraction of sp³-hybridized carbons (Fsp3) is 0.462. The number of hydrogen-bond acceptors (Lipinski definition) is 5. The first-order valence-electron chi connectivity index (χ1n) is 11.7. The van der Waals surface area contributed by atoms with Gasteiger partial charge >= 0.3 is 0 Å². The highest BCUT2D eigenvalue weighted by molar-refractivity contribution is 7.92. The monoisotopic (exact) mass is 503 g/mol. The fourth-order valence-corrected chi connectivity index (χ4v) is 4.72. The summed E-state index contributed by atoms with van der Waals surface area (Å²) in [5.74, 6) is 0.105. The Balaban J connectivity index is 2.18. The lowest BCUT2D eigenvalue weighted by Gasteiger charge is -2.30. The van der Waals surface area contributed by atoms with Crippen LogP contribution in [0.25, 0.3) is 0 Å². The minimum Gasteiger partial charge on any atom is -0.497 e. The Kier molecular flexibility index (Phi) is 10.1. The second-order valence-electron chi connectivity index (χ2n) is 8.99. The first-order chi connectivity index (χ1) is 16.4. The number of nitrogens with one attached hydrogen (secondary N) is 1. The van der Waals surface area contributed by atoms with E-state index in [0.717, 1.165) is 17.4 Å². The van der Waals surface area contributed by atoms with Gasteiger partial charge in [-0.1, -0.05) is 35.9 Å². The lowest BCUT2D eigenvalue weighted by atomic mass is 10.1. The van der Waals surface area contributed by atoms with E-state index in [1.54, 1.807) is 36.1 Å². The Hall–Kier alpha value is -3.07. The van der Waals surface area contributed by atoms with Gasteiger partial charge in [0.25, 0.3) is 0 Å². The van der Waals surface area contributed by atoms with Gasteiger partial charge in [0, 0.05) is 31.6 Å². The van der Waals surface area contributed by atoms with Crippen LogP contribution in [0.5, 0.6) is 5.75 Å². The van der Waals surface area contributed by atoms with E-state index in [0.29, 0.717) is 24.4 Å². The van der Waals surface area contributed by atoms with Crippen molar-refractivity contribution >= 4 is 27.5 Å². The summed E-state index contributed by atoms with van der Waals surface area (Å²) in [6.45, 7) is 7.85. The number of nitrogens with zero attached hydrogens (tertiary/aromatic N) is 2. The summed E-state index contributed by atoms with van der Waals surface area (Å²) < 4.78 is 31.4. The Morgan fingerprint density at radius 3 is 2.34 bits per heavy atom. The molecule has 35 heavy (non-hydrogen) atoms. The second kappa shape index (κ2) is 12.6. The molecule has 0 heterocycles. The van der Waals surface area contributed by atoms with Crippen LogP contribution in [0.2, 0.25) is 0 Å². The SMILES string of the molecule is COc1cccc(N(CCCC(=O)N(Cc2cccc(C)c2)C(C)C(=O)NC(C)C)S(C)(=O)=O)c1. The summed E-state index contributed by atoms with van der Waals surface area (Å²) in [6, 6.07) is 13.9. The van der Waals surface area contributed by atoms with E-state index in [1.165, 1.54) is 11.4 Å². The predicted molar refractivity (Wildman–Crippen MR) is 139 cm³/mol. The maximum Gasteiger partial charge on any atom is 0.242 e. The number of hydrogen-bond donors (Lipinski definition) is 1. The number of aryl methyl sites for hydroxylation is 1. The maximum atomic E-state index is 13.3. The molecular formula is C26H37N3O5S. The highest BCUT2D eigenvalue weighted by Gasteiger charge is 2.27. The first kappa shape index (κ1) is 28.2. The molecule has 2 aromatic carbocycles. The van der Waals surface area contributed by atoms with Crippen molar-refractivity contribution in [3.63, 3.8) is 0 Å². The number of anilines is 1. The van der Waals surface area contributed by atoms with E-state index in [4.69, 9.17) is 4.74 Å². The Labute approximate surface area is 209 Å². The average molecular weight is 504 g/mol. The van der Waals surface area contributed by atoms with Gasteiger partial charge in [-0.2, -0.15) is 0 Å². The highest BCUT2D eigenvalue weighted by Crippen LogP contribution is 2.24. The van der Waals surface area contributed by atoms with Gasteiger partial charge in [-0.15, -0.1) is 0 Å². The quantitative estimate of drug-likeness (QED) is 0.478. The lowest BCUT2D eigenvalue weighted by molar-refractivity contribution is -0.140. The molecule has 0 spiro atoms. The molecule has 0 saturated carbocycles. The van der Waals surface area contributed by atoms with E-state index < -0.39 is 16.1 Å². The Bertz CT molecular complexity index is 1120. The highest BCUT2D eigenvalue weighted by atomic mass is 32.2. The number of sulfonamides is 1. The van der Waals surface area contributed by atoms with Crippen LogP contribution >= 0.6 is 0 Å². The first-order valence-corrected chi connectivity index (χ1v) is 13.5. The van der Waals surface area contributed by atoms with Crippen LogP contribution in [0, 0.1) is 6.92 Å². The number of carbonyl (C=O) groups is 2. The lowest BCUT2D eigenvalue weighted by Crippen LogP contribution is -2.49.